The van der Waals surface area contributed by atoms with E-state index < -0.39 is 0 Å². The Labute approximate surface area is 169 Å². The zero-order valence-electron chi connectivity index (χ0n) is 16.8. The highest BCUT2D eigenvalue weighted by atomic mass is 16.6. The average molecular weight is 389 g/mol. The molecule has 4 rings (SSSR count). The molecule has 6 nitrogen and oxygen atoms in total. The first-order valence-electron chi connectivity index (χ1n) is 9.74. The SMILES string of the molecule is CCOc1ccccc1OC(=O)CCc1c(C)nc2c3ccccc3nn2c1C. The lowest BCUT2D eigenvalue weighted by Crippen LogP contribution is -2.12. The normalized spacial score (nSPS) is 11.1. The Morgan fingerprint density at radius 3 is 2.55 bits per heavy atom. The van der Waals surface area contributed by atoms with E-state index in [4.69, 9.17) is 14.5 Å². The van der Waals surface area contributed by atoms with E-state index in [9.17, 15) is 4.79 Å². The number of hydrogen-bond acceptors (Lipinski definition) is 5. The number of rotatable bonds is 6. The van der Waals surface area contributed by atoms with Crippen LogP contribution in [0.4, 0.5) is 0 Å². The van der Waals surface area contributed by atoms with Gasteiger partial charge in [0.1, 0.15) is 0 Å². The summed E-state index contributed by atoms with van der Waals surface area (Å²) in [7, 11) is 0. The van der Waals surface area contributed by atoms with Gasteiger partial charge in [-0.2, -0.15) is 5.10 Å². The Hall–Kier alpha value is -3.41. The smallest absolute Gasteiger partial charge is 0.311 e. The summed E-state index contributed by atoms with van der Waals surface area (Å²) in [5.41, 5.74) is 4.66. The summed E-state index contributed by atoms with van der Waals surface area (Å²) in [6.45, 7) is 6.39. The van der Waals surface area contributed by atoms with Gasteiger partial charge in [0.05, 0.1) is 18.5 Å². The molecule has 0 saturated heterocycles. The molecular formula is C23H23N3O3. The van der Waals surface area contributed by atoms with E-state index in [1.54, 1.807) is 12.1 Å². The van der Waals surface area contributed by atoms with Crippen LogP contribution in [0, 0.1) is 13.8 Å². The number of ether oxygens (including phenoxy) is 2. The Bertz CT molecular complexity index is 1200. The summed E-state index contributed by atoms with van der Waals surface area (Å²) < 4.78 is 12.9. The second kappa shape index (κ2) is 7.91. The molecule has 0 unspecified atom stereocenters. The third kappa shape index (κ3) is 3.66. The van der Waals surface area contributed by atoms with Crippen molar-refractivity contribution >= 4 is 22.5 Å². The minimum absolute atomic E-state index is 0.246. The van der Waals surface area contributed by atoms with Crippen LogP contribution in [0.5, 0.6) is 11.5 Å². The van der Waals surface area contributed by atoms with Crippen molar-refractivity contribution in [1.29, 1.82) is 0 Å². The minimum atomic E-state index is -0.304. The number of aryl methyl sites for hydroxylation is 2. The third-order valence-corrected chi connectivity index (χ3v) is 4.97. The van der Waals surface area contributed by atoms with E-state index in [1.807, 2.05) is 61.7 Å². The van der Waals surface area contributed by atoms with Crippen molar-refractivity contribution in [2.45, 2.75) is 33.6 Å². The number of hydrogen-bond donors (Lipinski definition) is 0. The van der Waals surface area contributed by atoms with Crippen molar-refractivity contribution in [3.05, 3.63) is 65.5 Å². The van der Waals surface area contributed by atoms with Crippen LogP contribution >= 0.6 is 0 Å². The first-order chi connectivity index (χ1) is 14.1. The highest BCUT2D eigenvalue weighted by Crippen LogP contribution is 2.27. The minimum Gasteiger partial charge on any atom is -0.490 e. The highest BCUT2D eigenvalue weighted by molar-refractivity contribution is 5.92. The second-order valence-corrected chi connectivity index (χ2v) is 6.87. The van der Waals surface area contributed by atoms with Crippen molar-refractivity contribution in [2.75, 3.05) is 6.61 Å². The van der Waals surface area contributed by atoms with Crippen LogP contribution in [0.3, 0.4) is 0 Å². The molecule has 0 atom stereocenters. The number of benzene rings is 2. The van der Waals surface area contributed by atoms with Gasteiger partial charge in [-0.3, -0.25) is 4.79 Å². The average Bonchev–Trinajstić information content (AvgIpc) is 3.08. The topological polar surface area (TPSA) is 65.7 Å². The number of para-hydroxylation sites is 2. The molecule has 0 saturated carbocycles. The maximum absolute atomic E-state index is 12.4. The van der Waals surface area contributed by atoms with Crippen LogP contribution in [0.2, 0.25) is 0 Å². The molecule has 0 amide bonds. The molecule has 0 aliphatic rings. The van der Waals surface area contributed by atoms with Gasteiger partial charge in [0.15, 0.2) is 17.1 Å². The van der Waals surface area contributed by atoms with Gasteiger partial charge in [-0.05, 0) is 57.0 Å². The lowest BCUT2D eigenvalue weighted by atomic mass is 10.1. The van der Waals surface area contributed by atoms with Crippen molar-refractivity contribution in [3.63, 3.8) is 0 Å². The Morgan fingerprint density at radius 1 is 1.03 bits per heavy atom. The van der Waals surface area contributed by atoms with Crippen LogP contribution in [0.15, 0.2) is 48.5 Å². The third-order valence-electron chi connectivity index (χ3n) is 4.97. The Morgan fingerprint density at radius 2 is 1.76 bits per heavy atom. The van der Waals surface area contributed by atoms with Crippen molar-refractivity contribution in [3.8, 4) is 11.5 Å². The molecule has 0 aliphatic heterocycles. The molecule has 0 radical (unpaired) electrons. The van der Waals surface area contributed by atoms with Gasteiger partial charge < -0.3 is 9.47 Å². The molecule has 0 bridgehead atoms. The molecule has 0 spiro atoms. The summed E-state index contributed by atoms with van der Waals surface area (Å²) in [6.07, 6.45) is 0.780. The van der Waals surface area contributed by atoms with E-state index in [-0.39, 0.29) is 12.4 Å². The number of fused-ring (bicyclic) bond motifs is 3. The summed E-state index contributed by atoms with van der Waals surface area (Å²) in [5, 5.41) is 5.69. The van der Waals surface area contributed by atoms with Crippen molar-refractivity contribution in [1.82, 2.24) is 14.6 Å². The van der Waals surface area contributed by atoms with Gasteiger partial charge in [0.25, 0.3) is 0 Å². The van der Waals surface area contributed by atoms with Crippen molar-refractivity contribution in [2.24, 2.45) is 0 Å². The summed E-state index contributed by atoms with van der Waals surface area (Å²) in [6, 6.07) is 15.2. The largest absolute Gasteiger partial charge is 0.490 e. The zero-order valence-corrected chi connectivity index (χ0v) is 16.8. The molecule has 0 fully saturated rings. The van der Waals surface area contributed by atoms with Gasteiger partial charge in [-0.15, -0.1) is 0 Å². The fraction of sp³-hybridized carbons (Fsp3) is 0.261. The van der Waals surface area contributed by atoms with Gasteiger partial charge in [0.2, 0.25) is 0 Å². The van der Waals surface area contributed by atoms with Gasteiger partial charge in [-0.1, -0.05) is 24.3 Å². The van der Waals surface area contributed by atoms with Crippen LogP contribution in [-0.2, 0) is 11.2 Å². The quantitative estimate of drug-likeness (QED) is 0.360. The summed E-state index contributed by atoms with van der Waals surface area (Å²) in [5.74, 6) is 0.711. The standard InChI is InChI=1S/C23H23N3O3/c1-4-28-20-11-7-8-12-21(20)29-22(27)14-13-17-15(2)24-23-18-9-5-6-10-19(18)25-26(23)16(17)3/h5-12H,4,13-14H2,1-3H3. The van der Waals surface area contributed by atoms with E-state index in [0.717, 1.165) is 33.5 Å². The number of esters is 1. The summed E-state index contributed by atoms with van der Waals surface area (Å²) in [4.78, 5) is 17.2. The molecular weight excluding hydrogens is 366 g/mol. The van der Waals surface area contributed by atoms with Crippen LogP contribution < -0.4 is 9.47 Å². The predicted octanol–water partition coefficient (Wildman–Crippen LogP) is 4.44. The van der Waals surface area contributed by atoms with Crippen molar-refractivity contribution < 1.29 is 14.3 Å². The first-order valence-corrected chi connectivity index (χ1v) is 9.74. The molecule has 2 heterocycles. The first kappa shape index (κ1) is 18.9. The molecule has 2 aromatic carbocycles. The van der Waals surface area contributed by atoms with E-state index in [1.165, 1.54) is 0 Å². The molecule has 4 aromatic rings. The van der Waals surface area contributed by atoms with E-state index in [2.05, 4.69) is 5.10 Å². The van der Waals surface area contributed by atoms with Gasteiger partial charge in [0, 0.05) is 16.8 Å². The van der Waals surface area contributed by atoms with Crippen LogP contribution in [0.1, 0.15) is 30.3 Å². The second-order valence-electron chi connectivity index (χ2n) is 6.87. The number of carbonyl (C=O) groups is 1. The lowest BCUT2D eigenvalue weighted by molar-refractivity contribution is -0.134. The number of aromatic nitrogens is 3. The number of nitrogens with zero attached hydrogens (tertiary/aromatic N) is 3. The predicted molar refractivity (Wildman–Crippen MR) is 112 cm³/mol. The van der Waals surface area contributed by atoms with E-state index >= 15 is 0 Å². The van der Waals surface area contributed by atoms with E-state index in [0.29, 0.717) is 24.5 Å². The fourth-order valence-corrected chi connectivity index (χ4v) is 3.55. The summed E-state index contributed by atoms with van der Waals surface area (Å²) >= 11 is 0. The number of carbonyl (C=O) groups excluding carboxylic acids is 1. The molecule has 0 aliphatic carbocycles. The fourth-order valence-electron chi connectivity index (χ4n) is 3.55. The molecule has 0 N–H and O–H groups in total. The molecule has 2 aromatic heterocycles. The molecule has 6 heteroatoms. The van der Waals surface area contributed by atoms with Crippen LogP contribution in [-0.4, -0.2) is 27.2 Å². The molecule has 148 valence electrons. The Balaban J connectivity index is 1.55. The lowest BCUT2D eigenvalue weighted by Gasteiger charge is -2.12. The monoisotopic (exact) mass is 389 g/mol. The van der Waals surface area contributed by atoms with Gasteiger partial charge >= 0.3 is 5.97 Å². The molecule has 29 heavy (non-hydrogen) atoms. The zero-order chi connectivity index (χ0) is 20.4. The van der Waals surface area contributed by atoms with Crippen LogP contribution in [0.25, 0.3) is 16.6 Å². The maximum atomic E-state index is 12.4. The Kier molecular flexibility index (Phi) is 5.16. The highest BCUT2D eigenvalue weighted by Gasteiger charge is 2.16. The van der Waals surface area contributed by atoms with Gasteiger partial charge in [-0.25, -0.2) is 9.50 Å². The maximum Gasteiger partial charge on any atom is 0.311 e.